The Balaban J connectivity index is 2.30. The second-order valence-corrected chi connectivity index (χ2v) is 5.36. The maximum Gasteiger partial charge on any atom is 0.238 e. The van der Waals surface area contributed by atoms with Gasteiger partial charge >= 0.3 is 0 Å². The molecule has 0 saturated carbocycles. The molecule has 0 aliphatic carbocycles. The molecule has 0 amide bonds. The summed E-state index contributed by atoms with van der Waals surface area (Å²) in [5.41, 5.74) is 0. The lowest BCUT2D eigenvalue weighted by Gasteiger charge is -2.10. The largest absolute Gasteiger partial charge is 0.437 e. The molecule has 0 fully saturated rings. The van der Waals surface area contributed by atoms with Gasteiger partial charge in [-0.2, -0.15) is 0 Å². The fourth-order valence-electron chi connectivity index (χ4n) is 1.35. The van der Waals surface area contributed by atoms with E-state index < -0.39 is 0 Å². The molecule has 0 spiro atoms. The molecule has 1 N–H and O–H groups in total. The average molecular weight is 420 g/mol. The number of hydrogen-bond donors (Lipinski definition) is 1. The smallest absolute Gasteiger partial charge is 0.238 e. The van der Waals surface area contributed by atoms with Gasteiger partial charge in [-0.15, -0.1) is 0 Å². The van der Waals surface area contributed by atoms with Gasteiger partial charge in [0.05, 0.1) is 3.57 Å². The molecule has 0 atom stereocenters. The number of halogens is 2. The zero-order valence-corrected chi connectivity index (χ0v) is 13.4. The number of rotatable bonds is 4. The minimum Gasteiger partial charge on any atom is -0.437 e. The number of hydrogen-bond acceptors (Lipinski definition) is 4. The van der Waals surface area contributed by atoms with Crippen LogP contribution in [0.1, 0.15) is 6.92 Å². The Morgan fingerprint density at radius 3 is 2.83 bits per heavy atom. The molecule has 1 heterocycles. The van der Waals surface area contributed by atoms with Gasteiger partial charge in [-0.1, -0.05) is 12.1 Å². The molecule has 0 aliphatic rings. The van der Waals surface area contributed by atoms with Crippen LogP contribution in [0.3, 0.4) is 0 Å². The van der Waals surface area contributed by atoms with E-state index in [0.29, 0.717) is 5.88 Å². The van der Waals surface area contributed by atoms with E-state index in [-0.39, 0.29) is 0 Å². The fraction of sp³-hybridized carbons (Fsp3) is 0.167. The minimum atomic E-state index is 0.505. The Morgan fingerprint density at radius 2 is 2.11 bits per heavy atom. The fourth-order valence-corrected chi connectivity index (χ4v) is 2.27. The lowest BCUT2D eigenvalue weighted by atomic mass is 10.3. The molecule has 94 valence electrons. The first-order chi connectivity index (χ1) is 8.72. The van der Waals surface area contributed by atoms with Crippen molar-refractivity contribution in [2.45, 2.75) is 6.92 Å². The highest BCUT2D eigenvalue weighted by Gasteiger charge is 2.11. The number of anilines is 1. The maximum atomic E-state index is 5.78. The molecule has 0 aliphatic heterocycles. The SMILES string of the molecule is CCNc1ncnc(Oc2ccccc2I)c1Br. The Labute approximate surface area is 127 Å². The summed E-state index contributed by atoms with van der Waals surface area (Å²) in [6.45, 7) is 2.80. The van der Waals surface area contributed by atoms with Crippen LogP contribution in [0.25, 0.3) is 0 Å². The van der Waals surface area contributed by atoms with Crippen LogP contribution in [0, 0.1) is 3.57 Å². The summed E-state index contributed by atoms with van der Waals surface area (Å²) in [4.78, 5) is 8.28. The van der Waals surface area contributed by atoms with E-state index >= 15 is 0 Å². The predicted octanol–water partition coefficient (Wildman–Crippen LogP) is 4.07. The number of aromatic nitrogens is 2. The van der Waals surface area contributed by atoms with Crippen LogP contribution in [0.4, 0.5) is 5.82 Å². The summed E-state index contributed by atoms with van der Waals surface area (Å²) in [6, 6.07) is 7.78. The first-order valence-corrected chi connectivity index (χ1v) is 7.26. The Hall–Kier alpha value is -0.890. The third-order valence-electron chi connectivity index (χ3n) is 2.15. The van der Waals surface area contributed by atoms with E-state index in [1.165, 1.54) is 6.33 Å². The lowest BCUT2D eigenvalue weighted by Crippen LogP contribution is -2.02. The van der Waals surface area contributed by atoms with Crippen LogP contribution in [-0.2, 0) is 0 Å². The summed E-state index contributed by atoms with van der Waals surface area (Å²) in [7, 11) is 0. The van der Waals surface area contributed by atoms with Gasteiger partial charge in [0.2, 0.25) is 5.88 Å². The second-order valence-electron chi connectivity index (χ2n) is 3.40. The molecule has 1 aromatic heterocycles. The van der Waals surface area contributed by atoms with E-state index in [0.717, 1.165) is 26.2 Å². The second kappa shape index (κ2) is 6.33. The first kappa shape index (κ1) is 13.5. The van der Waals surface area contributed by atoms with Crippen LogP contribution in [0.2, 0.25) is 0 Å². The van der Waals surface area contributed by atoms with E-state index in [2.05, 4.69) is 53.8 Å². The average Bonchev–Trinajstić information content (AvgIpc) is 2.37. The molecule has 18 heavy (non-hydrogen) atoms. The van der Waals surface area contributed by atoms with E-state index in [1.807, 2.05) is 31.2 Å². The van der Waals surface area contributed by atoms with Crippen molar-refractivity contribution in [1.82, 2.24) is 9.97 Å². The van der Waals surface area contributed by atoms with Gasteiger partial charge in [0.15, 0.2) is 0 Å². The topological polar surface area (TPSA) is 47.0 Å². The summed E-state index contributed by atoms with van der Waals surface area (Å²) < 4.78 is 7.54. The third-order valence-corrected chi connectivity index (χ3v) is 3.75. The van der Waals surface area contributed by atoms with Crippen molar-refractivity contribution in [3.63, 3.8) is 0 Å². The van der Waals surface area contributed by atoms with Gasteiger partial charge in [-0.3, -0.25) is 0 Å². The normalized spacial score (nSPS) is 10.2. The van der Waals surface area contributed by atoms with Crippen LogP contribution in [0.15, 0.2) is 35.1 Å². The standard InChI is InChI=1S/C12H11BrIN3O/c1-2-15-11-10(13)12(17-7-16-11)18-9-6-4-3-5-8(9)14/h3-7H,2H2,1H3,(H,15,16,17). The van der Waals surface area contributed by atoms with Crippen LogP contribution < -0.4 is 10.1 Å². The number of ether oxygens (including phenoxy) is 1. The molecule has 0 bridgehead atoms. The van der Waals surface area contributed by atoms with E-state index in [4.69, 9.17) is 4.74 Å². The van der Waals surface area contributed by atoms with Gasteiger partial charge in [0.1, 0.15) is 22.4 Å². The minimum absolute atomic E-state index is 0.505. The monoisotopic (exact) mass is 419 g/mol. The maximum absolute atomic E-state index is 5.78. The number of nitrogens with zero attached hydrogens (tertiary/aromatic N) is 2. The molecule has 6 heteroatoms. The number of para-hydroxylation sites is 1. The van der Waals surface area contributed by atoms with Crippen LogP contribution in [0.5, 0.6) is 11.6 Å². The van der Waals surface area contributed by atoms with Gasteiger partial charge in [0.25, 0.3) is 0 Å². The van der Waals surface area contributed by atoms with Crippen LogP contribution >= 0.6 is 38.5 Å². The summed E-state index contributed by atoms with van der Waals surface area (Å²) in [5, 5.41) is 3.14. The number of benzene rings is 1. The quantitative estimate of drug-likeness (QED) is 0.759. The lowest BCUT2D eigenvalue weighted by molar-refractivity contribution is 0.455. The Kier molecular flexibility index (Phi) is 4.76. The molecule has 4 nitrogen and oxygen atoms in total. The predicted molar refractivity (Wildman–Crippen MR) is 83.1 cm³/mol. The van der Waals surface area contributed by atoms with Gasteiger partial charge < -0.3 is 10.1 Å². The highest BCUT2D eigenvalue weighted by atomic mass is 127. The Morgan fingerprint density at radius 1 is 1.33 bits per heavy atom. The molecule has 2 rings (SSSR count). The Bertz CT molecular complexity index is 551. The summed E-state index contributed by atoms with van der Waals surface area (Å²) in [6.07, 6.45) is 1.48. The third kappa shape index (κ3) is 3.11. The zero-order chi connectivity index (χ0) is 13.0. The first-order valence-electron chi connectivity index (χ1n) is 5.39. The van der Waals surface area contributed by atoms with Gasteiger partial charge in [0, 0.05) is 6.54 Å². The van der Waals surface area contributed by atoms with Crippen molar-refractivity contribution >= 4 is 44.3 Å². The highest BCUT2D eigenvalue weighted by Crippen LogP contribution is 2.33. The van der Waals surface area contributed by atoms with Crippen molar-refractivity contribution in [3.05, 3.63) is 38.6 Å². The van der Waals surface area contributed by atoms with Crippen molar-refractivity contribution < 1.29 is 4.74 Å². The highest BCUT2D eigenvalue weighted by molar-refractivity contribution is 14.1. The molecule has 1 aromatic carbocycles. The zero-order valence-electron chi connectivity index (χ0n) is 9.65. The molecule has 2 aromatic rings. The van der Waals surface area contributed by atoms with Crippen molar-refractivity contribution in [2.75, 3.05) is 11.9 Å². The van der Waals surface area contributed by atoms with E-state index in [9.17, 15) is 0 Å². The van der Waals surface area contributed by atoms with Gasteiger partial charge in [-0.05, 0) is 57.6 Å². The molecule has 0 saturated heterocycles. The van der Waals surface area contributed by atoms with E-state index in [1.54, 1.807) is 0 Å². The number of nitrogens with one attached hydrogen (secondary N) is 1. The molecule has 0 radical (unpaired) electrons. The van der Waals surface area contributed by atoms with Crippen molar-refractivity contribution in [3.8, 4) is 11.6 Å². The molecule has 0 unspecified atom stereocenters. The molecular weight excluding hydrogens is 409 g/mol. The van der Waals surface area contributed by atoms with Crippen LogP contribution in [-0.4, -0.2) is 16.5 Å². The molecular formula is C12H11BrIN3O. The van der Waals surface area contributed by atoms with Gasteiger partial charge in [-0.25, -0.2) is 9.97 Å². The summed E-state index contributed by atoms with van der Waals surface area (Å²) >= 11 is 5.67. The van der Waals surface area contributed by atoms with Crippen molar-refractivity contribution in [1.29, 1.82) is 0 Å². The van der Waals surface area contributed by atoms with Crippen molar-refractivity contribution in [2.24, 2.45) is 0 Å². The summed E-state index contributed by atoms with van der Waals surface area (Å²) in [5.74, 6) is 2.01.